The summed E-state index contributed by atoms with van der Waals surface area (Å²) in [5.74, 6) is 2.04. The average molecular weight is 328 g/mol. The van der Waals surface area contributed by atoms with Crippen molar-refractivity contribution in [2.24, 2.45) is 17.8 Å². The van der Waals surface area contributed by atoms with Crippen LogP contribution in [0.1, 0.15) is 36.8 Å². The first-order chi connectivity index (χ1) is 11.8. The van der Waals surface area contributed by atoms with Gasteiger partial charge in [-0.1, -0.05) is 30.7 Å². The highest BCUT2D eigenvalue weighted by Gasteiger charge is 2.42. The molecule has 130 valence electrons. The van der Waals surface area contributed by atoms with E-state index in [1.165, 1.54) is 30.4 Å². The van der Waals surface area contributed by atoms with Gasteiger partial charge in [0.25, 0.3) is 0 Å². The van der Waals surface area contributed by atoms with Crippen LogP contribution >= 0.6 is 0 Å². The molecule has 3 atom stereocenters. The normalized spacial score (nSPS) is 29.8. The molecule has 2 aliphatic carbocycles. The van der Waals surface area contributed by atoms with Gasteiger partial charge < -0.3 is 10.1 Å². The van der Waals surface area contributed by atoms with Crippen LogP contribution in [0, 0.1) is 17.8 Å². The Kier molecular flexibility index (Phi) is 4.86. The van der Waals surface area contributed by atoms with Crippen LogP contribution in [-0.2, 0) is 22.6 Å². The Labute approximate surface area is 144 Å². The first-order valence-corrected chi connectivity index (χ1v) is 9.43. The quantitative estimate of drug-likeness (QED) is 0.903. The molecule has 1 aliphatic heterocycles. The van der Waals surface area contributed by atoms with Gasteiger partial charge in [0.05, 0.1) is 13.2 Å². The Morgan fingerprint density at radius 1 is 1.08 bits per heavy atom. The van der Waals surface area contributed by atoms with Crippen molar-refractivity contribution in [2.45, 2.75) is 38.8 Å². The van der Waals surface area contributed by atoms with Gasteiger partial charge in [-0.15, -0.1) is 0 Å². The highest BCUT2D eigenvalue weighted by Crippen LogP contribution is 2.48. The molecule has 1 aromatic carbocycles. The van der Waals surface area contributed by atoms with E-state index in [1.807, 2.05) is 0 Å². The van der Waals surface area contributed by atoms with Gasteiger partial charge >= 0.3 is 0 Å². The molecule has 4 nitrogen and oxygen atoms in total. The van der Waals surface area contributed by atoms with E-state index in [-0.39, 0.29) is 11.8 Å². The summed E-state index contributed by atoms with van der Waals surface area (Å²) in [5.41, 5.74) is 2.53. The van der Waals surface area contributed by atoms with Gasteiger partial charge in [-0.05, 0) is 42.2 Å². The summed E-state index contributed by atoms with van der Waals surface area (Å²) < 4.78 is 5.39. The molecule has 1 heterocycles. The summed E-state index contributed by atoms with van der Waals surface area (Å²) in [6.07, 6.45) is 5.02. The Morgan fingerprint density at radius 3 is 2.50 bits per heavy atom. The van der Waals surface area contributed by atoms with E-state index >= 15 is 0 Å². The second-order valence-corrected chi connectivity index (χ2v) is 7.70. The molecular formula is C20H28N2O2. The van der Waals surface area contributed by atoms with Gasteiger partial charge in [-0.2, -0.15) is 0 Å². The molecule has 2 bridgehead atoms. The van der Waals surface area contributed by atoms with E-state index in [0.717, 1.165) is 45.2 Å². The number of amides is 1. The molecule has 4 rings (SSSR count). The summed E-state index contributed by atoms with van der Waals surface area (Å²) >= 11 is 0. The molecule has 1 saturated heterocycles. The van der Waals surface area contributed by atoms with E-state index < -0.39 is 0 Å². The van der Waals surface area contributed by atoms with Crippen molar-refractivity contribution in [3.63, 3.8) is 0 Å². The minimum atomic E-state index is 0.277. The number of rotatable bonds is 5. The lowest BCUT2D eigenvalue weighted by Crippen LogP contribution is -2.35. The van der Waals surface area contributed by atoms with E-state index in [9.17, 15) is 4.79 Å². The zero-order chi connectivity index (χ0) is 16.4. The van der Waals surface area contributed by atoms with Crippen LogP contribution in [0.5, 0.6) is 0 Å². The lowest BCUT2D eigenvalue weighted by molar-refractivity contribution is -0.126. The molecule has 1 amide bonds. The van der Waals surface area contributed by atoms with Crippen LogP contribution in [0.3, 0.4) is 0 Å². The summed E-state index contributed by atoms with van der Waals surface area (Å²) in [6, 6.07) is 8.68. The molecule has 4 heteroatoms. The largest absolute Gasteiger partial charge is 0.379 e. The van der Waals surface area contributed by atoms with Crippen molar-refractivity contribution in [2.75, 3.05) is 26.3 Å². The zero-order valence-electron chi connectivity index (χ0n) is 14.4. The predicted octanol–water partition coefficient (Wildman–Crippen LogP) is 2.57. The topological polar surface area (TPSA) is 41.6 Å². The second kappa shape index (κ2) is 7.24. The zero-order valence-corrected chi connectivity index (χ0v) is 14.4. The number of nitrogens with zero attached hydrogens (tertiary/aromatic N) is 1. The number of hydrogen-bond acceptors (Lipinski definition) is 3. The maximum absolute atomic E-state index is 12.4. The SMILES string of the molecule is O=C(NCc1ccc(CN2CCOCC2)cc1)C1CC2CCC1C2. The first-order valence-electron chi connectivity index (χ1n) is 9.43. The van der Waals surface area contributed by atoms with E-state index in [2.05, 4.69) is 34.5 Å². The third-order valence-corrected chi connectivity index (χ3v) is 6.07. The fourth-order valence-electron chi connectivity index (χ4n) is 4.67. The standard InChI is InChI=1S/C20H28N2O2/c23-20(19-12-17-5-6-18(19)11-17)21-13-15-1-3-16(4-2-15)14-22-7-9-24-10-8-22/h1-4,17-19H,5-14H2,(H,21,23). The van der Waals surface area contributed by atoms with Crippen LogP contribution in [0.15, 0.2) is 24.3 Å². The lowest BCUT2D eigenvalue weighted by Gasteiger charge is -2.26. The van der Waals surface area contributed by atoms with Crippen molar-refractivity contribution in [3.8, 4) is 0 Å². The van der Waals surface area contributed by atoms with Crippen molar-refractivity contribution >= 4 is 5.91 Å². The summed E-state index contributed by atoms with van der Waals surface area (Å²) in [4.78, 5) is 14.8. The molecular weight excluding hydrogens is 300 g/mol. The molecule has 0 aromatic heterocycles. The number of morpholine rings is 1. The van der Waals surface area contributed by atoms with E-state index in [0.29, 0.717) is 12.5 Å². The lowest BCUT2D eigenvalue weighted by atomic mass is 9.88. The van der Waals surface area contributed by atoms with Crippen LogP contribution in [0.4, 0.5) is 0 Å². The molecule has 3 unspecified atom stereocenters. The van der Waals surface area contributed by atoms with Crippen LogP contribution in [-0.4, -0.2) is 37.1 Å². The average Bonchev–Trinajstić information content (AvgIpc) is 3.25. The number of nitrogens with one attached hydrogen (secondary N) is 1. The van der Waals surface area contributed by atoms with Gasteiger partial charge in [-0.25, -0.2) is 0 Å². The van der Waals surface area contributed by atoms with Crippen molar-refractivity contribution in [1.82, 2.24) is 10.2 Å². The van der Waals surface area contributed by atoms with E-state index in [4.69, 9.17) is 4.74 Å². The number of ether oxygens (including phenoxy) is 1. The van der Waals surface area contributed by atoms with Crippen molar-refractivity contribution < 1.29 is 9.53 Å². The smallest absolute Gasteiger partial charge is 0.223 e. The van der Waals surface area contributed by atoms with Gasteiger partial charge in [0, 0.05) is 32.1 Å². The molecule has 0 spiro atoms. The molecule has 1 N–H and O–H groups in total. The number of benzene rings is 1. The fraction of sp³-hybridized carbons (Fsp3) is 0.650. The van der Waals surface area contributed by atoms with Gasteiger partial charge in [0.15, 0.2) is 0 Å². The van der Waals surface area contributed by atoms with Gasteiger partial charge in [0.2, 0.25) is 5.91 Å². The maximum atomic E-state index is 12.4. The molecule has 0 radical (unpaired) electrons. The fourth-order valence-corrected chi connectivity index (χ4v) is 4.67. The number of hydrogen-bond donors (Lipinski definition) is 1. The minimum Gasteiger partial charge on any atom is -0.379 e. The highest BCUT2D eigenvalue weighted by atomic mass is 16.5. The molecule has 2 saturated carbocycles. The number of carbonyl (C=O) groups excluding carboxylic acids is 1. The Bertz CT molecular complexity index is 566. The highest BCUT2D eigenvalue weighted by molar-refractivity contribution is 5.79. The first kappa shape index (κ1) is 16.1. The van der Waals surface area contributed by atoms with Gasteiger partial charge in [0.1, 0.15) is 0 Å². The molecule has 3 aliphatic rings. The predicted molar refractivity (Wildman–Crippen MR) is 93.3 cm³/mol. The Morgan fingerprint density at radius 2 is 1.83 bits per heavy atom. The molecule has 3 fully saturated rings. The third kappa shape index (κ3) is 3.65. The van der Waals surface area contributed by atoms with E-state index in [1.54, 1.807) is 0 Å². The maximum Gasteiger partial charge on any atom is 0.223 e. The van der Waals surface area contributed by atoms with Gasteiger partial charge in [-0.3, -0.25) is 9.69 Å². The van der Waals surface area contributed by atoms with Crippen LogP contribution in [0.2, 0.25) is 0 Å². The molecule has 24 heavy (non-hydrogen) atoms. The monoisotopic (exact) mass is 328 g/mol. The van der Waals surface area contributed by atoms with Crippen molar-refractivity contribution in [1.29, 1.82) is 0 Å². The summed E-state index contributed by atoms with van der Waals surface area (Å²) in [6.45, 7) is 5.36. The minimum absolute atomic E-state index is 0.277. The van der Waals surface area contributed by atoms with Crippen LogP contribution < -0.4 is 5.32 Å². The summed E-state index contributed by atoms with van der Waals surface area (Å²) in [7, 11) is 0. The van der Waals surface area contributed by atoms with Crippen molar-refractivity contribution in [3.05, 3.63) is 35.4 Å². The summed E-state index contributed by atoms with van der Waals surface area (Å²) in [5, 5.41) is 3.16. The van der Waals surface area contributed by atoms with Crippen LogP contribution in [0.25, 0.3) is 0 Å². The number of carbonyl (C=O) groups is 1. The third-order valence-electron chi connectivity index (χ3n) is 6.07. The molecule has 1 aromatic rings. The Balaban J connectivity index is 1.25. The Hall–Kier alpha value is -1.39. The number of fused-ring (bicyclic) bond motifs is 2. The second-order valence-electron chi connectivity index (χ2n) is 7.70.